The Morgan fingerprint density at radius 3 is 2.68 bits per heavy atom. The van der Waals surface area contributed by atoms with Crippen LogP contribution in [0.1, 0.15) is 39.5 Å². The van der Waals surface area contributed by atoms with Gasteiger partial charge >= 0.3 is 5.97 Å². The number of anilines is 1. The maximum Gasteiger partial charge on any atom is 0.316 e. The first-order valence-corrected chi connectivity index (χ1v) is 9.99. The van der Waals surface area contributed by atoms with Crippen molar-refractivity contribution in [3.8, 4) is 0 Å². The van der Waals surface area contributed by atoms with Crippen molar-refractivity contribution in [2.45, 2.75) is 49.9 Å². The Hall–Kier alpha value is -1.68. The second-order valence-corrected chi connectivity index (χ2v) is 7.88. The second kappa shape index (κ2) is 9.71. The minimum Gasteiger partial charge on any atom is -0.465 e. The van der Waals surface area contributed by atoms with Gasteiger partial charge < -0.3 is 10.1 Å². The number of esters is 1. The minimum absolute atomic E-state index is 0.146. The Kier molecular flexibility index (Phi) is 7.63. The van der Waals surface area contributed by atoms with E-state index in [9.17, 15) is 14.4 Å². The molecule has 1 heterocycles. The maximum atomic E-state index is 12.5. The number of amides is 2. The first-order chi connectivity index (χ1) is 12.0. The number of carbonyl (C=O) groups excluding carboxylic acids is 3. The number of hydrogen-bond donors (Lipinski definition) is 2. The summed E-state index contributed by atoms with van der Waals surface area (Å²) in [4.78, 5) is 35.3. The number of ether oxygens (including phenoxy) is 1. The molecule has 25 heavy (non-hydrogen) atoms. The zero-order valence-electron chi connectivity index (χ0n) is 14.2. The molecule has 1 aliphatic carbocycles. The molecule has 0 aliphatic heterocycles. The van der Waals surface area contributed by atoms with E-state index in [2.05, 4.69) is 20.8 Å². The lowest BCUT2D eigenvalue weighted by atomic mass is 9.97. The molecule has 1 aromatic heterocycles. The molecule has 1 atom stereocenters. The summed E-state index contributed by atoms with van der Waals surface area (Å²) in [5, 5.41) is 13.7. The van der Waals surface area contributed by atoms with Gasteiger partial charge in [0.1, 0.15) is 6.04 Å². The lowest BCUT2D eigenvalue weighted by Gasteiger charge is -2.22. The van der Waals surface area contributed by atoms with Crippen LogP contribution in [0.25, 0.3) is 0 Å². The fourth-order valence-electron chi connectivity index (χ4n) is 2.73. The standard InChI is InChI=1S/C15H22N4O4S2/c1-3-23-11(21)8-24-15-19-18-14(25-15)17-13(22)12(16-9(2)20)10-6-4-5-7-10/h10,12H,3-8H2,1-2H3,(H,16,20)(H,17,18,22). The van der Waals surface area contributed by atoms with Gasteiger partial charge in [-0.15, -0.1) is 10.2 Å². The van der Waals surface area contributed by atoms with Crippen LogP contribution in [0.3, 0.4) is 0 Å². The first-order valence-electron chi connectivity index (χ1n) is 8.19. The van der Waals surface area contributed by atoms with Crippen LogP contribution in [-0.4, -0.2) is 46.4 Å². The van der Waals surface area contributed by atoms with Crippen LogP contribution in [0.15, 0.2) is 4.34 Å². The predicted octanol–water partition coefficient (Wildman–Crippen LogP) is 1.83. The quantitative estimate of drug-likeness (QED) is 0.398. The zero-order valence-corrected chi connectivity index (χ0v) is 15.9. The summed E-state index contributed by atoms with van der Waals surface area (Å²) in [6.45, 7) is 3.49. The molecule has 0 saturated heterocycles. The van der Waals surface area contributed by atoms with Crippen molar-refractivity contribution in [3.05, 3.63) is 0 Å². The maximum absolute atomic E-state index is 12.5. The van der Waals surface area contributed by atoms with E-state index in [1.54, 1.807) is 6.92 Å². The molecule has 0 radical (unpaired) electrons. The van der Waals surface area contributed by atoms with Crippen LogP contribution < -0.4 is 10.6 Å². The molecule has 2 rings (SSSR count). The molecule has 2 amide bonds. The topological polar surface area (TPSA) is 110 Å². The lowest BCUT2D eigenvalue weighted by Crippen LogP contribution is -2.47. The van der Waals surface area contributed by atoms with Gasteiger partial charge in [-0.05, 0) is 25.7 Å². The molecule has 0 aromatic carbocycles. The van der Waals surface area contributed by atoms with Gasteiger partial charge in [0.15, 0.2) is 4.34 Å². The van der Waals surface area contributed by atoms with E-state index in [0.717, 1.165) is 25.7 Å². The van der Waals surface area contributed by atoms with Crippen LogP contribution in [0.2, 0.25) is 0 Å². The third-order valence-electron chi connectivity index (χ3n) is 3.77. The van der Waals surface area contributed by atoms with Gasteiger partial charge in [-0.3, -0.25) is 19.7 Å². The van der Waals surface area contributed by atoms with Crippen LogP contribution >= 0.6 is 23.1 Å². The van der Waals surface area contributed by atoms with Crippen LogP contribution in [0.4, 0.5) is 5.13 Å². The van der Waals surface area contributed by atoms with E-state index >= 15 is 0 Å². The van der Waals surface area contributed by atoms with Crippen LogP contribution in [0.5, 0.6) is 0 Å². The monoisotopic (exact) mass is 386 g/mol. The van der Waals surface area contributed by atoms with Crippen molar-refractivity contribution >= 4 is 46.0 Å². The number of rotatable bonds is 8. The fraction of sp³-hybridized carbons (Fsp3) is 0.667. The first kappa shape index (κ1) is 19.6. The highest BCUT2D eigenvalue weighted by atomic mass is 32.2. The van der Waals surface area contributed by atoms with Crippen molar-refractivity contribution < 1.29 is 19.1 Å². The summed E-state index contributed by atoms with van der Waals surface area (Å²) >= 11 is 2.40. The average molecular weight is 386 g/mol. The number of carbonyl (C=O) groups is 3. The Labute approximate surface area is 154 Å². The summed E-state index contributed by atoms with van der Waals surface area (Å²) in [6.07, 6.45) is 3.99. The van der Waals surface area contributed by atoms with Crippen LogP contribution in [-0.2, 0) is 19.1 Å². The van der Waals surface area contributed by atoms with E-state index < -0.39 is 6.04 Å². The summed E-state index contributed by atoms with van der Waals surface area (Å²) in [7, 11) is 0. The summed E-state index contributed by atoms with van der Waals surface area (Å²) < 4.78 is 5.42. The second-order valence-electron chi connectivity index (χ2n) is 5.68. The van der Waals surface area contributed by atoms with Crippen molar-refractivity contribution in [1.82, 2.24) is 15.5 Å². The molecule has 1 aliphatic rings. The number of thioether (sulfide) groups is 1. The fourth-order valence-corrected chi connectivity index (χ4v) is 4.29. The van der Waals surface area contributed by atoms with E-state index in [1.165, 1.54) is 30.0 Å². The van der Waals surface area contributed by atoms with E-state index in [-0.39, 0.29) is 29.5 Å². The third kappa shape index (κ3) is 6.28. The highest BCUT2D eigenvalue weighted by Gasteiger charge is 2.31. The number of aromatic nitrogens is 2. The van der Waals surface area contributed by atoms with Gasteiger partial charge in [0.05, 0.1) is 12.4 Å². The molecule has 1 fully saturated rings. The van der Waals surface area contributed by atoms with Gasteiger partial charge in [0, 0.05) is 6.92 Å². The normalized spacial score (nSPS) is 15.6. The molecular formula is C15H22N4O4S2. The van der Waals surface area contributed by atoms with Gasteiger partial charge in [0.2, 0.25) is 16.9 Å². The Morgan fingerprint density at radius 2 is 2.04 bits per heavy atom. The molecule has 0 bridgehead atoms. The van der Waals surface area contributed by atoms with E-state index in [4.69, 9.17) is 4.74 Å². The lowest BCUT2D eigenvalue weighted by molar-refractivity contribution is -0.139. The highest BCUT2D eigenvalue weighted by Crippen LogP contribution is 2.29. The predicted molar refractivity (Wildman–Crippen MR) is 95.5 cm³/mol. The average Bonchev–Trinajstić information content (AvgIpc) is 3.22. The smallest absolute Gasteiger partial charge is 0.316 e. The van der Waals surface area contributed by atoms with Crippen molar-refractivity contribution in [3.63, 3.8) is 0 Å². The van der Waals surface area contributed by atoms with E-state index in [1.807, 2.05) is 0 Å². The van der Waals surface area contributed by atoms with Gasteiger partial charge in [-0.1, -0.05) is 35.9 Å². The van der Waals surface area contributed by atoms with E-state index in [0.29, 0.717) is 16.1 Å². The van der Waals surface area contributed by atoms with Gasteiger partial charge in [-0.2, -0.15) is 0 Å². The Bertz CT molecular complexity index is 616. The number of hydrogen-bond acceptors (Lipinski definition) is 8. The molecule has 8 nitrogen and oxygen atoms in total. The SMILES string of the molecule is CCOC(=O)CSc1nnc(NC(=O)C(NC(C)=O)C2CCCC2)s1. The molecule has 1 aromatic rings. The third-order valence-corrected chi connectivity index (χ3v) is 5.71. The number of nitrogens with zero attached hydrogens (tertiary/aromatic N) is 2. The van der Waals surface area contributed by atoms with Gasteiger partial charge in [0.25, 0.3) is 0 Å². The van der Waals surface area contributed by atoms with Crippen molar-refractivity contribution in [2.24, 2.45) is 5.92 Å². The molecular weight excluding hydrogens is 364 g/mol. The van der Waals surface area contributed by atoms with Crippen molar-refractivity contribution in [1.29, 1.82) is 0 Å². The Balaban J connectivity index is 1.91. The number of nitrogens with one attached hydrogen (secondary N) is 2. The molecule has 1 unspecified atom stereocenters. The summed E-state index contributed by atoms with van der Waals surface area (Å²) in [5.41, 5.74) is 0. The molecule has 0 spiro atoms. The minimum atomic E-state index is -0.556. The summed E-state index contributed by atoms with van der Waals surface area (Å²) in [5.74, 6) is -0.530. The molecule has 1 saturated carbocycles. The largest absolute Gasteiger partial charge is 0.465 e. The molecule has 2 N–H and O–H groups in total. The Morgan fingerprint density at radius 1 is 1.32 bits per heavy atom. The van der Waals surface area contributed by atoms with Crippen LogP contribution in [0, 0.1) is 5.92 Å². The highest BCUT2D eigenvalue weighted by molar-refractivity contribution is 8.01. The summed E-state index contributed by atoms with van der Waals surface area (Å²) in [6, 6.07) is -0.556. The van der Waals surface area contributed by atoms with Crippen molar-refractivity contribution in [2.75, 3.05) is 17.7 Å². The van der Waals surface area contributed by atoms with Gasteiger partial charge in [-0.25, -0.2) is 0 Å². The molecule has 10 heteroatoms. The molecule has 138 valence electrons. The zero-order chi connectivity index (χ0) is 18.2.